The first-order chi connectivity index (χ1) is 12.3. The van der Waals surface area contributed by atoms with Crippen LogP contribution in [-0.4, -0.2) is 28.9 Å². The number of hydrogen-bond donors (Lipinski definition) is 0. The van der Waals surface area contributed by atoms with E-state index in [1.54, 1.807) is 41.9 Å². The van der Waals surface area contributed by atoms with E-state index in [9.17, 15) is 14.4 Å². The molecule has 4 nitrogen and oxygen atoms in total. The van der Waals surface area contributed by atoms with Gasteiger partial charge in [-0.2, -0.15) is 0 Å². The molecule has 1 saturated heterocycles. The molecule has 2 saturated carbocycles. The van der Waals surface area contributed by atoms with Crippen molar-refractivity contribution in [3.05, 3.63) is 34.0 Å². The second-order valence-electron chi connectivity index (χ2n) is 8.17. The van der Waals surface area contributed by atoms with E-state index in [0.717, 1.165) is 15.7 Å². The predicted octanol–water partition coefficient (Wildman–Crippen LogP) is 4.36. The van der Waals surface area contributed by atoms with Crippen molar-refractivity contribution in [2.24, 2.45) is 10.8 Å². The van der Waals surface area contributed by atoms with Crippen molar-refractivity contribution >= 4 is 40.9 Å². The number of carbonyl (C=O) groups excluding carboxylic acids is 3. The van der Waals surface area contributed by atoms with Gasteiger partial charge in [-0.15, -0.1) is 23.5 Å². The molecule has 1 aromatic rings. The van der Waals surface area contributed by atoms with E-state index in [0.29, 0.717) is 24.2 Å². The number of carbonyl (C=O) groups is 3. The highest BCUT2D eigenvalue weighted by atomic mass is 32.2. The van der Waals surface area contributed by atoms with Crippen molar-refractivity contribution in [3.8, 4) is 0 Å². The van der Waals surface area contributed by atoms with Crippen molar-refractivity contribution in [2.75, 3.05) is 11.5 Å². The van der Waals surface area contributed by atoms with Crippen molar-refractivity contribution in [1.82, 2.24) is 0 Å². The van der Waals surface area contributed by atoms with Gasteiger partial charge in [0.1, 0.15) is 22.7 Å². The molecule has 2 heterocycles. The molecule has 1 aliphatic heterocycles. The number of furan rings is 1. The largest absolute Gasteiger partial charge is 0.469 e. The van der Waals surface area contributed by atoms with Crippen LogP contribution in [0.25, 0.3) is 0 Å². The number of rotatable bonds is 1. The summed E-state index contributed by atoms with van der Waals surface area (Å²) in [6.07, 6.45) is 2.69. The molecule has 1 unspecified atom stereocenters. The molecule has 0 radical (unpaired) electrons. The second-order valence-corrected chi connectivity index (χ2v) is 10.6. The van der Waals surface area contributed by atoms with Gasteiger partial charge in [0.05, 0.1) is 6.26 Å². The molecule has 138 valence electrons. The summed E-state index contributed by atoms with van der Waals surface area (Å²) in [6, 6.07) is 3.54. The highest BCUT2D eigenvalue weighted by molar-refractivity contribution is 8.25. The molecule has 26 heavy (non-hydrogen) atoms. The molecule has 6 heteroatoms. The van der Waals surface area contributed by atoms with Gasteiger partial charge in [0, 0.05) is 46.5 Å². The zero-order valence-corrected chi connectivity index (χ0v) is 16.6. The average Bonchev–Trinajstić information content (AvgIpc) is 3.26. The third-order valence-electron chi connectivity index (χ3n) is 5.73. The minimum atomic E-state index is -1.15. The highest BCUT2D eigenvalue weighted by Gasteiger charge is 2.60. The fraction of sp³-hybridized carbons (Fsp3) is 0.550. The molecule has 2 aliphatic carbocycles. The van der Waals surface area contributed by atoms with Gasteiger partial charge in [-0.25, -0.2) is 0 Å². The summed E-state index contributed by atoms with van der Waals surface area (Å²) in [5, 5.41) is 0. The first kappa shape index (κ1) is 18.1. The Kier molecular flexibility index (Phi) is 4.47. The van der Waals surface area contributed by atoms with Crippen LogP contribution in [0, 0.1) is 10.8 Å². The lowest BCUT2D eigenvalue weighted by Gasteiger charge is -2.47. The smallest absolute Gasteiger partial charge is 0.161 e. The molecule has 3 aliphatic rings. The Balaban J connectivity index is 1.83. The third kappa shape index (κ3) is 2.82. The fourth-order valence-corrected chi connectivity index (χ4v) is 7.07. The zero-order valence-electron chi connectivity index (χ0n) is 15.0. The van der Waals surface area contributed by atoms with Crippen molar-refractivity contribution in [2.45, 2.75) is 45.4 Å². The van der Waals surface area contributed by atoms with Crippen LogP contribution < -0.4 is 0 Å². The summed E-state index contributed by atoms with van der Waals surface area (Å²) in [4.78, 5) is 39.6. The van der Waals surface area contributed by atoms with Crippen LogP contribution in [0.1, 0.15) is 51.2 Å². The molecular formula is C20H22O4S2. The molecule has 0 bridgehead atoms. The lowest BCUT2D eigenvalue weighted by Crippen LogP contribution is -2.54. The third-order valence-corrected chi connectivity index (χ3v) is 8.53. The lowest BCUT2D eigenvalue weighted by molar-refractivity contribution is -0.152. The minimum absolute atomic E-state index is 0.0289. The van der Waals surface area contributed by atoms with Crippen molar-refractivity contribution in [3.63, 3.8) is 0 Å². The van der Waals surface area contributed by atoms with Gasteiger partial charge in [-0.1, -0.05) is 13.8 Å². The normalized spacial score (nSPS) is 28.2. The van der Waals surface area contributed by atoms with Crippen molar-refractivity contribution < 1.29 is 18.8 Å². The Morgan fingerprint density at radius 1 is 1.04 bits per heavy atom. The first-order valence-corrected chi connectivity index (χ1v) is 10.9. The average molecular weight is 391 g/mol. The fourth-order valence-electron chi connectivity index (χ4n) is 4.48. The number of Topliss-reactive ketones (excluding diaryl/α,β-unsaturated/α-hetero) is 3. The molecule has 0 aromatic carbocycles. The number of allylic oxidation sites excluding steroid dienone is 1. The SMILES string of the molecule is CC1(C)CC(=O)C2(CC(=C3SCCS3)C(=O)CC2c2ccco2)C(=O)C1. The Labute approximate surface area is 161 Å². The van der Waals surface area contributed by atoms with Gasteiger partial charge in [0.2, 0.25) is 0 Å². The summed E-state index contributed by atoms with van der Waals surface area (Å²) in [5.74, 6) is 2.04. The summed E-state index contributed by atoms with van der Waals surface area (Å²) in [5.41, 5.74) is -0.770. The van der Waals surface area contributed by atoms with Gasteiger partial charge >= 0.3 is 0 Å². The second kappa shape index (κ2) is 6.41. The molecule has 0 amide bonds. The van der Waals surface area contributed by atoms with E-state index < -0.39 is 11.3 Å². The molecule has 1 atom stereocenters. The Morgan fingerprint density at radius 3 is 2.27 bits per heavy atom. The molecule has 1 spiro atoms. The Morgan fingerprint density at radius 2 is 1.69 bits per heavy atom. The van der Waals surface area contributed by atoms with E-state index in [2.05, 4.69) is 0 Å². The van der Waals surface area contributed by atoms with Crippen molar-refractivity contribution in [1.29, 1.82) is 0 Å². The molecule has 4 rings (SSSR count). The van der Waals surface area contributed by atoms with E-state index in [4.69, 9.17) is 4.42 Å². The highest BCUT2D eigenvalue weighted by Crippen LogP contribution is 2.57. The van der Waals surface area contributed by atoms with E-state index in [1.165, 1.54) is 0 Å². The summed E-state index contributed by atoms with van der Waals surface area (Å²) in [6.45, 7) is 3.93. The number of ketones is 3. The maximum atomic E-state index is 13.4. The van der Waals surface area contributed by atoms with Gasteiger partial charge in [-0.05, 0) is 24.0 Å². The van der Waals surface area contributed by atoms with E-state index in [1.807, 2.05) is 13.8 Å². The van der Waals surface area contributed by atoms with Gasteiger partial charge in [0.15, 0.2) is 5.78 Å². The summed E-state index contributed by atoms with van der Waals surface area (Å²) >= 11 is 3.35. The van der Waals surface area contributed by atoms with E-state index >= 15 is 0 Å². The van der Waals surface area contributed by atoms with Crippen LogP contribution in [0.15, 0.2) is 32.6 Å². The standard InChI is InChI=1S/C20H22O4S2/c1-19(2)10-16(22)20(17(23)11-19)9-12(18-25-6-7-26-18)14(21)8-13(20)15-4-3-5-24-15/h3-5,13H,6-11H2,1-2H3. The van der Waals surface area contributed by atoms with Crippen LogP contribution in [0.4, 0.5) is 0 Å². The maximum Gasteiger partial charge on any atom is 0.161 e. The lowest BCUT2D eigenvalue weighted by atomic mass is 9.53. The predicted molar refractivity (Wildman–Crippen MR) is 103 cm³/mol. The molecular weight excluding hydrogens is 368 g/mol. The molecule has 1 aromatic heterocycles. The molecule has 0 N–H and O–H groups in total. The molecule has 3 fully saturated rings. The topological polar surface area (TPSA) is 64.3 Å². The Hall–Kier alpha value is -1.27. The monoisotopic (exact) mass is 390 g/mol. The van der Waals surface area contributed by atoms with Crippen LogP contribution in [0.5, 0.6) is 0 Å². The van der Waals surface area contributed by atoms with E-state index in [-0.39, 0.29) is 35.6 Å². The first-order valence-electron chi connectivity index (χ1n) is 8.95. The minimum Gasteiger partial charge on any atom is -0.469 e. The van der Waals surface area contributed by atoms with Gasteiger partial charge in [-0.3, -0.25) is 14.4 Å². The Bertz CT molecular complexity index is 776. The van der Waals surface area contributed by atoms with Crippen LogP contribution >= 0.6 is 23.5 Å². The quantitative estimate of drug-likeness (QED) is 0.524. The van der Waals surface area contributed by atoms with Gasteiger partial charge < -0.3 is 4.42 Å². The summed E-state index contributed by atoms with van der Waals surface area (Å²) in [7, 11) is 0. The van der Waals surface area contributed by atoms with Crippen LogP contribution in [-0.2, 0) is 14.4 Å². The van der Waals surface area contributed by atoms with Crippen LogP contribution in [0.2, 0.25) is 0 Å². The number of hydrogen-bond acceptors (Lipinski definition) is 6. The van der Waals surface area contributed by atoms with Gasteiger partial charge in [0.25, 0.3) is 0 Å². The zero-order chi connectivity index (χ0) is 18.5. The summed E-state index contributed by atoms with van der Waals surface area (Å²) < 4.78 is 6.59. The number of thioether (sulfide) groups is 2. The van der Waals surface area contributed by atoms with Crippen LogP contribution in [0.3, 0.4) is 0 Å². The maximum absolute atomic E-state index is 13.4.